The van der Waals surface area contributed by atoms with Gasteiger partial charge in [0.05, 0.1) is 17.0 Å². The van der Waals surface area contributed by atoms with Gasteiger partial charge in [0, 0.05) is 31.1 Å². The van der Waals surface area contributed by atoms with Gasteiger partial charge in [-0.15, -0.1) is 12.4 Å². The fraction of sp³-hybridized carbons (Fsp3) is 0.581. The third-order valence-electron chi connectivity index (χ3n) is 11.3. The number of halogens is 1. The first-order chi connectivity index (χ1) is 18.4. The van der Waals surface area contributed by atoms with E-state index in [1.807, 2.05) is 30.3 Å². The van der Waals surface area contributed by atoms with Gasteiger partial charge in [-0.2, -0.15) is 0 Å². The molecule has 2 aromatic carbocycles. The number of nitrogens with one attached hydrogen (secondary N) is 1. The molecule has 6 atom stereocenters. The number of aromatic hydroxyl groups is 1. The first-order valence-corrected chi connectivity index (χ1v) is 14.4. The molecule has 2 aromatic rings. The largest absolute Gasteiger partial charge is 0.504 e. The highest BCUT2D eigenvalue weighted by Gasteiger charge is 2.82. The number of carbonyl (C=O) groups excluding carboxylic acids is 1. The van der Waals surface area contributed by atoms with E-state index in [0.717, 1.165) is 49.4 Å². The number of carbonyl (C=O) groups is 1. The van der Waals surface area contributed by atoms with Crippen LogP contribution in [-0.2, 0) is 23.2 Å². The number of benzene rings is 2. The Labute approximate surface area is 235 Å². The summed E-state index contributed by atoms with van der Waals surface area (Å²) >= 11 is 0. The highest BCUT2D eigenvalue weighted by Crippen LogP contribution is 2.72. The molecule has 208 valence electrons. The molecule has 0 radical (unpaired) electrons. The van der Waals surface area contributed by atoms with Gasteiger partial charge >= 0.3 is 0 Å². The summed E-state index contributed by atoms with van der Waals surface area (Å²) in [5, 5.41) is 26.5. The number of phenolic OH excluding ortho intramolecular Hbond substituents is 1. The quantitative estimate of drug-likeness (QED) is 0.511. The minimum absolute atomic E-state index is 0. The molecule has 4 aliphatic heterocycles. The van der Waals surface area contributed by atoms with Crippen LogP contribution in [0.15, 0.2) is 42.5 Å². The zero-order valence-corrected chi connectivity index (χ0v) is 23.3. The number of hydrogen-bond acceptors (Lipinski definition) is 6. The summed E-state index contributed by atoms with van der Waals surface area (Å²) in [6.45, 7) is 2.60. The molecule has 39 heavy (non-hydrogen) atoms. The summed E-state index contributed by atoms with van der Waals surface area (Å²) in [6.07, 6.45) is 5.72. The first-order valence-electron chi connectivity index (χ1n) is 14.4. The van der Waals surface area contributed by atoms with E-state index in [1.165, 1.54) is 18.4 Å². The average Bonchev–Trinajstić information content (AvgIpc) is 3.66. The number of likely N-dealkylation sites (tertiary alicyclic amines) is 1. The lowest BCUT2D eigenvalue weighted by atomic mass is 9.41. The number of hydrogen-bond donors (Lipinski definition) is 3. The lowest BCUT2D eigenvalue weighted by Gasteiger charge is -2.76. The van der Waals surface area contributed by atoms with E-state index in [0.29, 0.717) is 24.8 Å². The Balaban J connectivity index is 0.00000253. The van der Waals surface area contributed by atoms with Gasteiger partial charge in [0.15, 0.2) is 11.5 Å². The number of rotatable bonds is 6. The molecule has 8 heteroatoms. The molecule has 1 amide bonds. The highest BCUT2D eigenvalue weighted by atomic mass is 35.5. The van der Waals surface area contributed by atoms with E-state index in [-0.39, 0.29) is 47.5 Å². The molecular formula is C31H38ClN3O4. The lowest BCUT2D eigenvalue weighted by Crippen LogP contribution is -2.91. The van der Waals surface area contributed by atoms with E-state index in [4.69, 9.17) is 4.74 Å². The summed E-state index contributed by atoms with van der Waals surface area (Å²) in [5.41, 5.74) is 1.67. The Kier molecular flexibility index (Phi) is 5.65. The Morgan fingerprint density at radius 1 is 1.13 bits per heavy atom. The van der Waals surface area contributed by atoms with Gasteiger partial charge in [0.25, 0.3) is 0 Å². The summed E-state index contributed by atoms with van der Waals surface area (Å²) in [4.78, 5) is 18.5. The SMILES string of the molecule is CN1[C@H](CC(=O)NCc2ccccc2)[C@]2(O)CC[C@]13[C@H]1Cc4ccc(O)c5c4[C@]3(CCN1CC1CC1)[C@H]2O5.Cl. The zero-order valence-electron chi connectivity index (χ0n) is 22.4. The molecule has 5 fully saturated rings. The van der Waals surface area contributed by atoms with Crippen LogP contribution >= 0.6 is 12.4 Å². The van der Waals surface area contributed by atoms with Crippen LogP contribution in [0.3, 0.4) is 0 Å². The number of ether oxygens (including phenoxy) is 1. The van der Waals surface area contributed by atoms with Crippen LogP contribution in [0.4, 0.5) is 0 Å². The number of amides is 1. The minimum Gasteiger partial charge on any atom is -0.504 e. The van der Waals surface area contributed by atoms with E-state index in [1.54, 1.807) is 6.07 Å². The molecule has 3 N–H and O–H groups in total. The Bertz CT molecular complexity index is 1320. The Morgan fingerprint density at radius 2 is 1.92 bits per heavy atom. The number of piperidine rings is 3. The zero-order chi connectivity index (χ0) is 25.9. The van der Waals surface area contributed by atoms with Crippen molar-refractivity contribution < 1.29 is 19.7 Å². The molecule has 9 rings (SSSR count). The number of phenols is 1. The van der Waals surface area contributed by atoms with E-state index < -0.39 is 11.7 Å². The first kappa shape index (κ1) is 25.6. The molecule has 0 aromatic heterocycles. The number of aliphatic hydroxyl groups is 1. The van der Waals surface area contributed by atoms with Crippen molar-refractivity contribution in [1.29, 1.82) is 0 Å². The maximum atomic E-state index is 13.3. The lowest BCUT2D eigenvalue weighted by molar-refractivity contribution is -0.286. The molecule has 3 aliphatic carbocycles. The van der Waals surface area contributed by atoms with Crippen molar-refractivity contribution in [1.82, 2.24) is 15.1 Å². The number of fused-ring (bicyclic) bond motifs is 2. The Hall–Kier alpha value is -2.32. The predicted octanol–water partition coefficient (Wildman–Crippen LogP) is 3.14. The molecule has 4 bridgehead atoms. The third-order valence-corrected chi connectivity index (χ3v) is 11.3. The molecule has 7 aliphatic rings. The second kappa shape index (κ2) is 8.59. The minimum atomic E-state index is -1.18. The molecule has 7 nitrogen and oxygen atoms in total. The fourth-order valence-corrected chi connectivity index (χ4v) is 9.57. The van der Waals surface area contributed by atoms with Crippen molar-refractivity contribution in [2.24, 2.45) is 5.92 Å². The van der Waals surface area contributed by atoms with Crippen LogP contribution in [0, 0.1) is 5.92 Å². The second-order valence-corrected chi connectivity index (χ2v) is 12.8. The van der Waals surface area contributed by atoms with Crippen molar-refractivity contribution >= 4 is 18.3 Å². The number of likely N-dealkylation sites (N-methyl/N-ethyl adjacent to an activating group) is 1. The normalized spacial score (nSPS) is 37.5. The van der Waals surface area contributed by atoms with Crippen molar-refractivity contribution in [3.63, 3.8) is 0 Å². The molecule has 0 unspecified atom stereocenters. The molecular weight excluding hydrogens is 514 g/mol. The monoisotopic (exact) mass is 551 g/mol. The van der Waals surface area contributed by atoms with Gasteiger partial charge in [-0.05, 0) is 75.2 Å². The van der Waals surface area contributed by atoms with Crippen LogP contribution in [-0.4, -0.2) is 75.4 Å². The smallest absolute Gasteiger partial charge is 0.221 e. The summed E-state index contributed by atoms with van der Waals surface area (Å²) in [6, 6.07) is 13.7. The van der Waals surface area contributed by atoms with Crippen LogP contribution in [0.25, 0.3) is 0 Å². The van der Waals surface area contributed by atoms with E-state index >= 15 is 0 Å². The van der Waals surface area contributed by atoms with Crippen molar-refractivity contribution in [3.05, 3.63) is 59.2 Å². The topological polar surface area (TPSA) is 85.3 Å². The van der Waals surface area contributed by atoms with Gasteiger partial charge in [-0.3, -0.25) is 14.6 Å². The molecule has 4 heterocycles. The van der Waals surface area contributed by atoms with Crippen LogP contribution in [0.5, 0.6) is 11.5 Å². The maximum absolute atomic E-state index is 13.3. The summed E-state index contributed by atoms with van der Waals surface area (Å²) < 4.78 is 6.68. The van der Waals surface area contributed by atoms with Crippen LogP contribution in [0.2, 0.25) is 0 Å². The Morgan fingerprint density at radius 3 is 2.69 bits per heavy atom. The predicted molar refractivity (Wildman–Crippen MR) is 149 cm³/mol. The standard InChI is InChI=1S/C31H37N3O4.ClH/c1-33-23(16-25(36)32-17-19-5-3-2-4-6-19)30(37)11-12-31(33)24-15-21-9-10-22(35)27-26(21)29(31,28(30)38-27)13-14-34(24)18-20-7-8-20;/h2-6,9-10,20,23-24,28,35,37H,7-8,11-18H2,1H3,(H,32,36);1H/t23-,24-,28-,29-,30-,31-;/m1./s1. The van der Waals surface area contributed by atoms with Crippen molar-refractivity contribution in [3.8, 4) is 11.5 Å². The molecule has 2 spiro atoms. The van der Waals surface area contributed by atoms with Gasteiger partial charge < -0.3 is 20.3 Å². The van der Waals surface area contributed by atoms with E-state index in [9.17, 15) is 15.0 Å². The second-order valence-electron chi connectivity index (χ2n) is 12.8. The maximum Gasteiger partial charge on any atom is 0.221 e. The average molecular weight is 552 g/mol. The summed E-state index contributed by atoms with van der Waals surface area (Å²) in [7, 11) is 2.15. The third kappa shape index (κ3) is 3.19. The van der Waals surface area contributed by atoms with Crippen LogP contribution in [0.1, 0.15) is 55.2 Å². The number of nitrogens with zero attached hydrogens (tertiary/aromatic N) is 2. The summed E-state index contributed by atoms with van der Waals surface area (Å²) in [5.74, 6) is 1.49. The van der Waals surface area contributed by atoms with Crippen molar-refractivity contribution in [2.45, 2.75) is 86.2 Å². The van der Waals surface area contributed by atoms with Gasteiger partial charge in [-0.25, -0.2) is 0 Å². The van der Waals surface area contributed by atoms with Crippen LogP contribution < -0.4 is 10.1 Å². The van der Waals surface area contributed by atoms with Gasteiger partial charge in [0.1, 0.15) is 11.7 Å². The molecule has 3 saturated heterocycles. The van der Waals surface area contributed by atoms with Crippen molar-refractivity contribution in [2.75, 3.05) is 20.1 Å². The van der Waals surface area contributed by atoms with Gasteiger partial charge in [0.2, 0.25) is 5.91 Å². The molecule has 2 saturated carbocycles. The fourth-order valence-electron chi connectivity index (χ4n) is 9.57. The highest BCUT2D eigenvalue weighted by molar-refractivity contribution is 5.85. The van der Waals surface area contributed by atoms with Gasteiger partial charge in [-0.1, -0.05) is 36.4 Å². The van der Waals surface area contributed by atoms with E-state index in [2.05, 4.69) is 28.2 Å².